The molecule has 0 unspecified atom stereocenters. The number of alkyl halides is 3. The van der Waals surface area contributed by atoms with Gasteiger partial charge in [-0.1, -0.05) is 0 Å². The molecule has 0 aliphatic heterocycles. The Morgan fingerprint density at radius 1 is 1.56 bits per heavy atom. The number of aryl methyl sites for hydroxylation is 1. The highest BCUT2D eigenvalue weighted by molar-refractivity contribution is 14.1. The number of carbonyl (C=O) groups is 1. The number of carboxylic acids is 1. The topological polar surface area (TPSA) is 59.4 Å². The summed E-state index contributed by atoms with van der Waals surface area (Å²) < 4.78 is 39.4. The summed E-state index contributed by atoms with van der Waals surface area (Å²) in [6.45, 7) is 1.39. The van der Waals surface area contributed by atoms with Crippen LogP contribution in [0.2, 0.25) is 0 Å². The van der Waals surface area contributed by atoms with Crippen LogP contribution in [0.4, 0.5) is 13.2 Å². The van der Waals surface area contributed by atoms with Gasteiger partial charge in [0.1, 0.15) is 0 Å². The molecule has 16 heavy (non-hydrogen) atoms. The van der Waals surface area contributed by atoms with E-state index in [1.54, 1.807) is 0 Å². The molecule has 0 amide bonds. The van der Waals surface area contributed by atoms with Crippen LogP contribution in [-0.2, 0) is 0 Å². The molecule has 1 N–H and O–H groups in total. The second-order valence-corrected chi connectivity index (χ2v) is 3.83. The number of nitrogens with zero attached hydrogens (tertiary/aromatic N) is 1. The Hall–Kier alpha value is -1.06. The standard InChI is InChI=1S/C8H5F3INO3/c1-3-5(7(14)15)6(12)4(2-13-3)16-8(9,10)11/h2H,1H3,(H,14,15). The maximum atomic E-state index is 12.0. The maximum absolute atomic E-state index is 12.0. The first-order valence-electron chi connectivity index (χ1n) is 3.86. The molecule has 88 valence electrons. The predicted octanol–water partition coefficient (Wildman–Crippen LogP) is 2.59. The van der Waals surface area contributed by atoms with Crippen LogP contribution in [0.15, 0.2) is 6.20 Å². The van der Waals surface area contributed by atoms with Gasteiger partial charge in [0, 0.05) is 0 Å². The number of halogens is 4. The number of ether oxygens (including phenoxy) is 1. The molecule has 0 aliphatic rings. The van der Waals surface area contributed by atoms with E-state index in [1.165, 1.54) is 29.5 Å². The normalized spacial score (nSPS) is 11.3. The summed E-state index contributed by atoms with van der Waals surface area (Å²) in [6.07, 6.45) is -4.02. The van der Waals surface area contributed by atoms with Crippen molar-refractivity contribution in [2.45, 2.75) is 13.3 Å². The lowest BCUT2D eigenvalue weighted by Gasteiger charge is -2.12. The zero-order valence-electron chi connectivity index (χ0n) is 7.80. The first-order chi connectivity index (χ1) is 7.22. The molecule has 1 aromatic rings. The van der Waals surface area contributed by atoms with Crippen molar-refractivity contribution in [1.82, 2.24) is 4.98 Å². The summed E-state index contributed by atoms with van der Waals surface area (Å²) in [7, 11) is 0. The van der Waals surface area contributed by atoms with Gasteiger partial charge in [0.2, 0.25) is 0 Å². The predicted molar refractivity (Wildman–Crippen MR) is 55.3 cm³/mol. The first-order valence-corrected chi connectivity index (χ1v) is 4.94. The molecule has 0 spiro atoms. The van der Waals surface area contributed by atoms with Gasteiger partial charge in [0.15, 0.2) is 5.75 Å². The van der Waals surface area contributed by atoms with Crippen LogP contribution in [0.25, 0.3) is 0 Å². The molecular formula is C8H5F3INO3. The molecule has 0 atom stereocenters. The largest absolute Gasteiger partial charge is 0.573 e. The van der Waals surface area contributed by atoms with E-state index in [1.807, 2.05) is 0 Å². The van der Waals surface area contributed by atoms with E-state index in [9.17, 15) is 18.0 Å². The summed E-state index contributed by atoms with van der Waals surface area (Å²) >= 11 is 1.48. The van der Waals surface area contributed by atoms with E-state index in [-0.39, 0.29) is 14.8 Å². The highest BCUT2D eigenvalue weighted by Gasteiger charge is 2.33. The molecule has 0 saturated carbocycles. The fourth-order valence-corrected chi connectivity index (χ4v) is 1.87. The molecule has 0 bridgehead atoms. The van der Waals surface area contributed by atoms with Crippen LogP contribution in [-0.4, -0.2) is 22.4 Å². The number of rotatable bonds is 2. The average Bonchev–Trinajstić information content (AvgIpc) is 2.07. The van der Waals surface area contributed by atoms with Crippen LogP contribution in [0.5, 0.6) is 5.75 Å². The summed E-state index contributed by atoms with van der Waals surface area (Å²) in [5, 5.41) is 8.79. The summed E-state index contributed by atoms with van der Waals surface area (Å²) in [4.78, 5) is 14.3. The van der Waals surface area contributed by atoms with Crippen LogP contribution in [0, 0.1) is 10.5 Å². The summed E-state index contributed by atoms with van der Waals surface area (Å²) in [5.74, 6) is -1.96. The van der Waals surface area contributed by atoms with Crippen molar-refractivity contribution in [3.63, 3.8) is 0 Å². The Balaban J connectivity index is 3.24. The second kappa shape index (κ2) is 4.44. The number of aromatic nitrogens is 1. The number of aromatic carboxylic acids is 1. The van der Waals surface area contributed by atoms with Gasteiger partial charge in [-0.15, -0.1) is 13.2 Å². The van der Waals surface area contributed by atoms with E-state index in [4.69, 9.17) is 5.11 Å². The van der Waals surface area contributed by atoms with E-state index >= 15 is 0 Å². The van der Waals surface area contributed by atoms with Gasteiger partial charge < -0.3 is 9.84 Å². The van der Waals surface area contributed by atoms with Crippen molar-refractivity contribution < 1.29 is 27.8 Å². The van der Waals surface area contributed by atoms with Crippen molar-refractivity contribution >= 4 is 28.6 Å². The molecular weight excluding hydrogens is 342 g/mol. The van der Waals surface area contributed by atoms with Crippen molar-refractivity contribution in [2.24, 2.45) is 0 Å². The lowest BCUT2D eigenvalue weighted by molar-refractivity contribution is -0.275. The molecule has 1 heterocycles. The van der Waals surface area contributed by atoms with E-state index in [0.717, 1.165) is 6.20 Å². The van der Waals surface area contributed by atoms with Gasteiger partial charge in [0.05, 0.1) is 21.0 Å². The van der Waals surface area contributed by atoms with Gasteiger partial charge >= 0.3 is 12.3 Å². The van der Waals surface area contributed by atoms with Gasteiger partial charge in [-0.2, -0.15) is 0 Å². The minimum atomic E-state index is -4.87. The number of pyridine rings is 1. The smallest absolute Gasteiger partial charge is 0.478 e. The molecule has 0 radical (unpaired) electrons. The van der Waals surface area contributed by atoms with Crippen molar-refractivity contribution in [1.29, 1.82) is 0 Å². The molecule has 4 nitrogen and oxygen atoms in total. The van der Waals surface area contributed by atoms with Gasteiger partial charge in [0.25, 0.3) is 0 Å². The summed E-state index contributed by atoms with van der Waals surface area (Å²) in [6, 6.07) is 0. The Labute approximate surface area is 102 Å². The number of hydrogen-bond donors (Lipinski definition) is 1. The minimum absolute atomic E-state index is 0.130. The summed E-state index contributed by atoms with van der Waals surface area (Å²) in [5.41, 5.74) is -0.159. The zero-order chi connectivity index (χ0) is 12.5. The highest BCUT2D eigenvalue weighted by atomic mass is 127. The fraction of sp³-hybridized carbons (Fsp3) is 0.250. The molecule has 0 aromatic carbocycles. The molecule has 0 fully saturated rings. The van der Waals surface area contributed by atoms with E-state index < -0.39 is 18.1 Å². The van der Waals surface area contributed by atoms with Crippen LogP contribution >= 0.6 is 22.6 Å². The first kappa shape index (κ1) is 13.0. The third kappa shape index (κ3) is 2.97. The minimum Gasteiger partial charge on any atom is -0.478 e. The lowest BCUT2D eigenvalue weighted by atomic mass is 10.2. The van der Waals surface area contributed by atoms with Crippen molar-refractivity contribution in [3.05, 3.63) is 21.0 Å². The third-order valence-corrected chi connectivity index (χ3v) is 2.68. The second-order valence-electron chi connectivity index (χ2n) is 2.75. The molecule has 1 rings (SSSR count). The number of carboxylic acid groups (broad SMARTS) is 1. The number of hydrogen-bond acceptors (Lipinski definition) is 3. The Morgan fingerprint density at radius 3 is 2.56 bits per heavy atom. The van der Waals surface area contributed by atoms with Crippen molar-refractivity contribution in [3.8, 4) is 5.75 Å². The van der Waals surface area contributed by atoms with E-state index in [2.05, 4.69) is 9.72 Å². The maximum Gasteiger partial charge on any atom is 0.573 e. The van der Waals surface area contributed by atoms with Gasteiger partial charge in [-0.3, -0.25) is 4.98 Å². The van der Waals surface area contributed by atoms with Gasteiger partial charge in [-0.25, -0.2) is 4.79 Å². The SMILES string of the molecule is Cc1ncc(OC(F)(F)F)c(I)c1C(=O)O. The van der Waals surface area contributed by atoms with Crippen LogP contribution in [0.1, 0.15) is 16.1 Å². The highest BCUT2D eigenvalue weighted by Crippen LogP contribution is 2.30. The monoisotopic (exact) mass is 347 g/mol. The zero-order valence-corrected chi connectivity index (χ0v) is 9.96. The van der Waals surface area contributed by atoms with Crippen LogP contribution in [0.3, 0.4) is 0 Å². The Kier molecular flexibility index (Phi) is 3.61. The molecule has 0 saturated heterocycles. The quantitative estimate of drug-likeness (QED) is 0.836. The Bertz CT molecular complexity index is 433. The Morgan fingerprint density at radius 2 is 2.12 bits per heavy atom. The molecule has 1 aromatic heterocycles. The van der Waals surface area contributed by atoms with Crippen molar-refractivity contribution in [2.75, 3.05) is 0 Å². The van der Waals surface area contributed by atoms with Gasteiger partial charge in [-0.05, 0) is 29.5 Å². The fourth-order valence-electron chi connectivity index (χ4n) is 1.00. The third-order valence-electron chi connectivity index (χ3n) is 1.61. The van der Waals surface area contributed by atoms with Crippen LogP contribution < -0.4 is 4.74 Å². The van der Waals surface area contributed by atoms with E-state index in [0.29, 0.717) is 0 Å². The lowest BCUT2D eigenvalue weighted by Crippen LogP contribution is -2.19. The molecule has 0 aliphatic carbocycles. The average molecular weight is 347 g/mol. The molecule has 8 heteroatoms.